The molecule has 0 amide bonds. The summed E-state index contributed by atoms with van der Waals surface area (Å²) < 4.78 is 0. The number of carbonyl (C=O) groups excluding carboxylic acids is 1. The van der Waals surface area contributed by atoms with Crippen LogP contribution in [-0.4, -0.2) is 54.9 Å². The van der Waals surface area contributed by atoms with Gasteiger partial charge in [0.15, 0.2) is 5.78 Å². The van der Waals surface area contributed by atoms with Gasteiger partial charge in [0.25, 0.3) is 0 Å². The lowest BCUT2D eigenvalue weighted by Gasteiger charge is -2.37. The maximum absolute atomic E-state index is 12.3. The number of benzene rings is 1. The SMILES string of the molecule is CCc1ccc(C(=O)CN2CCN(C)CC2C)cc1. The van der Waals surface area contributed by atoms with Crippen molar-refractivity contribution >= 4 is 5.78 Å². The third kappa shape index (κ3) is 3.64. The van der Waals surface area contributed by atoms with E-state index >= 15 is 0 Å². The number of piperazine rings is 1. The number of carbonyl (C=O) groups is 1. The first-order chi connectivity index (χ1) is 9.10. The van der Waals surface area contributed by atoms with Gasteiger partial charge in [-0.15, -0.1) is 0 Å². The van der Waals surface area contributed by atoms with E-state index in [-0.39, 0.29) is 5.78 Å². The van der Waals surface area contributed by atoms with Crippen LogP contribution in [0.1, 0.15) is 29.8 Å². The lowest BCUT2D eigenvalue weighted by molar-refractivity contribution is 0.0747. The second-order valence-corrected chi connectivity index (χ2v) is 5.56. The maximum atomic E-state index is 12.3. The third-order valence-corrected chi connectivity index (χ3v) is 4.00. The lowest BCUT2D eigenvalue weighted by Crippen LogP contribution is -2.51. The van der Waals surface area contributed by atoms with Crippen molar-refractivity contribution in [1.82, 2.24) is 9.80 Å². The van der Waals surface area contributed by atoms with Crippen molar-refractivity contribution in [2.75, 3.05) is 33.2 Å². The van der Waals surface area contributed by atoms with E-state index in [1.54, 1.807) is 0 Å². The summed E-state index contributed by atoms with van der Waals surface area (Å²) in [4.78, 5) is 16.9. The highest BCUT2D eigenvalue weighted by Gasteiger charge is 2.23. The van der Waals surface area contributed by atoms with Crippen LogP contribution in [0.5, 0.6) is 0 Å². The molecule has 2 rings (SSSR count). The van der Waals surface area contributed by atoms with Crippen molar-refractivity contribution < 1.29 is 4.79 Å². The standard InChI is InChI=1S/C16H24N2O/c1-4-14-5-7-15(8-6-14)16(19)12-18-10-9-17(3)11-13(18)2/h5-8,13H,4,9-12H2,1-3H3. The fourth-order valence-corrected chi connectivity index (χ4v) is 2.61. The van der Waals surface area contributed by atoms with Crippen LogP contribution in [0.4, 0.5) is 0 Å². The van der Waals surface area contributed by atoms with Gasteiger partial charge in [-0.1, -0.05) is 31.2 Å². The Kier molecular flexibility index (Phi) is 4.72. The first-order valence-electron chi connectivity index (χ1n) is 7.15. The Labute approximate surface area is 116 Å². The average molecular weight is 260 g/mol. The van der Waals surface area contributed by atoms with E-state index in [4.69, 9.17) is 0 Å². The van der Waals surface area contributed by atoms with Gasteiger partial charge in [0, 0.05) is 31.2 Å². The molecule has 1 fully saturated rings. The number of ketones is 1. The summed E-state index contributed by atoms with van der Waals surface area (Å²) in [6.45, 7) is 7.94. The van der Waals surface area contributed by atoms with Crippen molar-refractivity contribution in [3.8, 4) is 0 Å². The van der Waals surface area contributed by atoms with Gasteiger partial charge in [-0.3, -0.25) is 9.69 Å². The molecule has 3 heteroatoms. The van der Waals surface area contributed by atoms with Crippen molar-refractivity contribution in [1.29, 1.82) is 0 Å². The molecule has 0 aromatic heterocycles. The van der Waals surface area contributed by atoms with Crippen LogP contribution in [0.2, 0.25) is 0 Å². The van der Waals surface area contributed by atoms with Crippen LogP contribution in [0.15, 0.2) is 24.3 Å². The second kappa shape index (κ2) is 6.31. The van der Waals surface area contributed by atoms with Crippen LogP contribution in [0, 0.1) is 0 Å². The number of aryl methyl sites for hydroxylation is 1. The van der Waals surface area contributed by atoms with E-state index < -0.39 is 0 Å². The van der Waals surface area contributed by atoms with Crippen LogP contribution < -0.4 is 0 Å². The van der Waals surface area contributed by atoms with Crippen LogP contribution in [0.3, 0.4) is 0 Å². The monoisotopic (exact) mass is 260 g/mol. The number of hydrogen-bond acceptors (Lipinski definition) is 3. The molecule has 1 heterocycles. The number of rotatable bonds is 4. The molecule has 104 valence electrons. The minimum absolute atomic E-state index is 0.235. The highest BCUT2D eigenvalue weighted by atomic mass is 16.1. The van der Waals surface area contributed by atoms with Gasteiger partial charge in [0.05, 0.1) is 6.54 Å². The summed E-state index contributed by atoms with van der Waals surface area (Å²) in [5.41, 5.74) is 2.12. The third-order valence-electron chi connectivity index (χ3n) is 4.00. The van der Waals surface area contributed by atoms with E-state index in [9.17, 15) is 4.79 Å². The Hall–Kier alpha value is -1.19. The van der Waals surface area contributed by atoms with Gasteiger partial charge < -0.3 is 4.90 Å². The van der Waals surface area contributed by atoms with Gasteiger partial charge in [0.1, 0.15) is 0 Å². The van der Waals surface area contributed by atoms with E-state index in [0.29, 0.717) is 12.6 Å². The fourth-order valence-electron chi connectivity index (χ4n) is 2.61. The number of hydrogen-bond donors (Lipinski definition) is 0. The molecule has 1 atom stereocenters. The topological polar surface area (TPSA) is 23.6 Å². The van der Waals surface area contributed by atoms with Gasteiger partial charge in [0.2, 0.25) is 0 Å². The summed E-state index contributed by atoms with van der Waals surface area (Å²) in [5.74, 6) is 0.235. The van der Waals surface area contributed by atoms with Crippen LogP contribution in [0.25, 0.3) is 0 Å². The molecular formula is C16H24N2O. The largest absolute Gasteiger partial charge is 0.304 e. The Morgan fingerprint density at radius 3 is 2.53 bits per heavy atom. The van der Waals surface area contributed by atoms with E-state index in [0.717, 1.165) is 31.6 Å². The van der Waals surface area contributed by atoms with E-state index in [1.165, 1.54) is 5.56 Å². The maximum Gasteiger partial charge on any atom is 0.176 e. The molecule has 1 aromatic carbocycles. The van der Waals surface area contributed by atoms with Crippen molar-refractivity contribution in [3.63, 3.8) is 0 Å². The molecular weight excluding hydrogens is 236 g/mol. The molecule has 0 N–H and O–H groups in total. The van der Waals surface area contributed by atoms with Gasteiger partial charge in [-0.05, 0) is 26.0 Å². The Morgan fingerprint density at radius 1 is 1.26 bits per heavy atom. The number of likely N-dealkylation sites (N-methyl/N-ethyl adjacent to an activating group) is 1. The van der Waals surface area contributed by atoms with Gasteiger partial charge in [-0.25, -0.2) is 0 Å². The molecule has 0 bridgehead atoms. The lowest BCUT2D eigenvalue weighted by atomic mass is 10.1. The predicted molar refractivity (Wildman–Crippen MR) is 78.7 cm³/mol. The summed E-state index contributed by atoms with van der Waals surface area (Å²) in [5, 5.41) is 0. The quantitative estimate of drug-likeness (QED) is 0.774. The van der Waals surface area contributed by atoms with Gasteiger partial charge >= 0.3 is 0 Å². The zero-order valence-corrected chi connectivity index (χ0v) is 12.2. The molecule has 0 saturated carbocycles. The molecule has 0 spiro atoms. The minimum atomic E-state index is 0.235. The molecule has 1 aliphatic rings. The Balaban J connectivity index is 1.96. The second-order valence-electron chi connectivity index (χ2n) is 5.56. The van der Waals surface area contributed by atoms with E-state index in [1.807, 2.05) is 12.1 Å². The minimum Gasteiger partial charge on any atom is -0.304 e. The highest BCUT2D eigenvalue weighted by Crippen LogP contribution is 2.11. The summed E-state index contributed by atoms with van der Waals surface area (Å²) >= 11 is 0. The zero-order chi connectivity index (χ0) is 13.8. The van der Waals surface area contributed by atoms with Crippen molar-refractivity contribution in [2.24, 2.45) is 0 Å². The molecule has 1 unspecified atom stereocenters. The summed E-state index contributed by atoms with van der Waals surface area (Å²) in [6, 6.07) is 8.49. The fraction of sp³-hybridized carbons (Fsp3) is 0.562. The molecule has 1 aliphatic heterocycles. The summed E-state index contributed by atoms with van der Waals surface area (Å²) in [7, 11) is 2.14. The Morgan fingerprint density at radius 2 is 1.95 bits per heavy atom. The number of nitrogens with zero attached hydrogens (tertiary/aromatic N) is 2. The van der Waals surface area contributed by atoms with Gasteiger partial charge in [-0.2, -0.15) is 0 Å². The molecule has 19 heavy (non-hydrogen) atoms. The average Bonchev–Trinajstić information content (AvgIpc) is 2.42. The first kappa shape index (κ1) is 14.2. The van der Waals surface area contributed by atoms with Crippen molar-refractivity contribution in [2.45, 2.75) is 26.3 Å². The molecule has 1 saturated heterocycles. The van der Waals surface area contributed by atoms with E-state index in [2.05, 4.69) is 42.8 Å². The molecule has 3 nitrogen and oxygen atoms in total. The zero-order valence-electron chi connectivity index (χ0n) is 12.2. The molecule has 0 aliphatic carbocycles. The van der Waals surface area contributed by atoms with Crippen LogP contribution in [-0.2, 0) is 6.42 Å². The first-order valence-corrected chi connectivity index (χ1v) is 7.15. The Bertz CT molecular complexity index is 427. The van der Waals surface area contributed by atoms with Crippen LogP contribution >= 0.6 is 0 Å². The predicted octanol–water partition coefficient (Wildman–Crippen LogP) is 2.07. The van der Waals surface area contributed by atoms with Crippen molar-refractivity contribution in [3.05, 3.63) is 35.4 Å². The number of Topliss-reactive ketones (excluding diaryl/α,β-unsaturated/α-hetero) is 1. The molecule has 0 radical (unpaired) electrons. The normalized spacial score (nSPS) is 21.5. The highest BCUT2D eigenvalue weighted by molar-refractivity contribution is 5.97. The summed E-state index contributed by atoms with van der Waals surface area (Å²) in [6.07, 6.45) is 1.02. The molecule has 1 aromatic rings. The smallest absolute Gasteiger partial charge is 0.176 e.